The molecule has 3 heterocycles. The van der Waals surface area contributed by atoms with Crippen LogP contribution in [0.5, 0.6) is 11.5 Å². The van der Waals surface area contributed by atoms with E-state index in [1.165, 1.54) is 27.1 Å². The van der Waals surface area contributed by atoms with Crippen molar-refractivity contribution in [1.82, 2.24) is 19.3 Å². The van der Waals surface area contributed by atoms with E-state index in [0.717, 1.165) is 44.6 Å². The number of pyridine rings is 1. The zero-order valence-corrected chi connectivity index (χ0v) is 29.5. The van der Waals surface area contributed by atoms with Crippen LogP contribution in [0, 0.1) is 26.0 Å². The van der Waals surface area contributed by atoms with Crippen LogP contribution in [0.1, 0.15) is 43.4 Å². The summed E-state index contributed by atoms with van der Waals surface area (Å²) in [5, 5.41) is 6.94. The zero-order chi connectivity index (χ0) is 31.1. The Bertz CT molecular complexity index is 2160. The minimum atomic E-state index is 0. The van der Waals surface area contributed by atoms with Crippen LogP contribution in [0.25, 0.3) is 44.4 Å². The normalized spacial score (nSPS) is 11.3. The van der Waals surface area contributed by atoms with Gasteiger partial charge in [0.2, 0.25) is 0 Å². The number of nitrogens with zero attached hydrogens (tertiary/aromatic N) is 4. The third-order valence-electron chi connectivity index (χ3n) is 8.13. The van der Waals surface area contributed by atoms with Crippen molar-refractivity contribution in [3.63, 3.8) is 0 Å². The number of fused-ring (bicyclic) bond motifs is 3. The Labute approximate surface area is 288 Å². The number of para-hydroxylation sites is 1. The Morgan fingerprint density at radius 1 is 0.870 bits per heavy atom. The summed E-state index contributed by atoms with van der Waals surface area (Å²) >= 11 is 1.87. The molecule has 4 aromatic carbocycles. The van der Waals surface area contributed by atoms with Crippen LogP contribution in [-0.2, 0) is 21.1 Å². The van der Waals surface area contributed by atoms with E-state index in [9.17, 15) is 0 Å². The Balaban J connectivity index is 0.00000372. The van der Waals surface area contributed by atoms with Crippen LogP contribution < -0.4 is 4.74 Å². The molecule has 0 unspecified atom stereocenters. The largest absolute Gasteiger partial charge is 2.00 e. The van der Waals surface area contributed by atoms with Gasteiger partial charge in [0.1, 0.15) is 5.82 Å². The number of aryl methyl sites for hydroxylation is 2. The zero-order valence-electron chi connectivity index (χ0n) is 26.4. The summed E-state index contributed by atoms with van der Waals surface area (Å²) in [7, 11) is 0. The van der Waals surface area contributed by atoms with Gasteiger partial charge in [0.05, 0.1) is 6.20 Å². The van der Waals surface area contributed by atoms with E-state index in [4.69, 9.17) is 9.72 Å². The molecule has 0 amide bonds. The Morgan fingerprint density at radius 2 is 1.65 bits per heavy atom. The second kappa shape index (κ2) is 13.3. The fraction of sp³-hybridized carbons (Fsp3) is 0.179. The van der Waals surface area contributed by atoms with Gasteiger partial charge < -0.3 is 9.30 Å². The van der Waals surface area contributed by atoms with Gasteiger partial charge in [0.15, 0.2) is 0 Å². The minimum absolute atomic E-state index is 0. The van der Waals surface area contributed by atoms with Gasteiger partial charge >= 0.3 is 21.1 Å². The summed E-state index contributed by atoms with van der Waals surface area (Å²) in [5.74, 6) is 3.53. The van der Waals surface area contributed by atoms with Crippen molar-refractivity contribution in [2.45, 2.75) is 45.4 Å². The molecule has 0 bridgehead atoms. The number of ether oxygens (including phenoxy) is 1. The molecule has 7 rings (SSSR count). The Hall–Kier alpha value is -4.12. The molecule has 0 N–H and O–H groups in total. The smallest absolute Gasteiger partial charge is 0.509 e. The molecule has 0 aliphatic heterocycles. The Kier molecular flexibility index (Phi) is 9.22. The van der Waals surface area contributed by atoms with Crippen LogP contribution in [-0.4, -0.2) is 25.1 Å². The average Bonchev–Trinajstić information content (AvgIpc) is 3.64. The van der Waals surface area contributed by atoms with Gasteiger partial charge in [0.25, 0.3) is 0 Å². The van der Waals surface area contributed by atoms with Gasteiger partial charge in [-0.05, 0) is 89.2 Å². The van der Waals surface area contributed by atoms with Crippen LogP contribution in [0.2, 0.25) is 0 Å². The number of hydrogen-bond donors (Lipinski definition) is 0. The van der Waals surface area contributed by atoms with E-state index >= 15 is 0 Å². The summed E-state index contributed by atoms with van der Waals surface area (Å²) in [6.07, 6.45) is 5.87. The summed E-state index contributed by atoms with van der Waals surface area (Å²) in [5.41, 5.74) is 8.86. The molecular weight excluding hydrogens is 768 g/mol. The van der Waals surface area contributed by atoms with E-state index in [0.29, 0.717) is 17.4 Å². The molecule has 46 heavy (non-hydrogen) atoms. The molecule has 0 spiro atoms. The predicted octanol–water partition coefficient (Wildman–Crippen LogP) is 10.3. The number of aromatic nitrogens is 4. The van der Waals surface area contributed by atoms with E-state index in [-0.39, 0.29) is 21.1 Å². The predicted molar refractivity (Wildman–Crippen MR) is 185 cm³/mol. The van der Waals surface area contributed by atoms with Crippen molar-refractivity contribution in [2.24, 2.45) is 0 Å². The quantitative estimate of drug-likeness (QED) is 0.113. The topological polar surface area (TPSA) is 44.9 Å². The molecule has 5 nitrogen and oxygen atoms in total. The van der Waals surface area contributed by atoms with Crippen LogP contribution >= 0.6 is 11.8 Å². The van der Waals surface area contributed by atoms with Crippen molar-refractivity contribution in [3.05, 3.63) is 126 Å². The number of hydrogen-bond acceptors (Lipinski definition) is 4. The maximum absolute atomic E-state index is 6.37. The molecule has 7 heteroatoms. The maximum Gasteiger partial charge on any atom is 2.00 e. The monoisotopic (exact) mass is 801 g/mol. The summed E-state index contributed by atoms with van der Waals surface area (Å²) in [6, 6.07) is 34.1. The molecule has 0 saturated heterocycles. The first-order chi connectivity index (χ1) is 21.9. The molecule has 0 fully saturated rings. The van der Waals surface area contributed by atoms with Crippen molar-refractivity contribution < 1.29 is 25.8 Å². The molecule has 3 aromatic heterocycles. The molecule has 0 radical (unpaired) electrons. The van der Waals surface area contributed by atoms with E-state index in [2.05, 4.69) is 117 Å². The van der Waals surface area contributed by atoms with Crippen molar-refractivity contribution in [3.8, 4) is 34.1 Å². The van der Waals surface area contributed by atoms with Gasteiger partial charge in [-0.1, -0.05) is 44.5 Å². The van der Waals surface area contributed by atoms with Gasteiger partial charge in [-0.15, -0.1) is 47.5 Å². The molecule has 0 aliphatic carbocycles. The average molecular weight is 802 g/mol. The molecule has 0 aliphatic rings. The standard InChI is InChI=1S/C39H34N4OS.Pt/c1-6-45-33-18-26(4)39(27(5)19-33)29-23-41-42(24-29)30-10-9-11-31(21-30)44-32-14-15-35-34-12-7-8-13-36(34)43(37(35)22-32)38-20-28(25(2)3)16-17-40-38;/h7-20,23-25H,6H2,1-5H3;/q-2;+2. The molecule has 0 atom stereocenters. The summed E-state index contributed by atoms with van der Waals surface area (Å²) in [4.78, 5) is 6.06. The van der Waals surface area contributed by atoms with Crippen molar-refractivity contribution in [1.29, 1.82) is 0 Å². The van der Waals surface area contributed by atoms with E-state index in [1.807, 2.05) is 53.1 Å². The van der Waals surface area contributed by atoms with Crippen molar-refractivity contribution in [2.75, 3.05) is 5.75 Å². The second-order valence-electron chi connectivity index (χ2n) is 11.6. The molecule has 232 valence electrons. The first-order valence-corrected chi connectivity index (χ1v) is 16.3. The van der Waals surface area contributed by atoms with Crippen LogP contribution in [0.15, 0.2) is 102 Å². The van der Waals surface area contributed by atoms with Crippen molar-refractivity contribution >= 4 is 33.6 Å². The van der Waals surface area contributed by atoms with Gasteiger partial charge in [-0.2, -0.15) is 17.2 Å². The van der Waals surface area contributed by atoms with Gasteiger partial charge in [0, 0.05) is 39.9 Å². The third kappa shape index (κ3) is 6.04. The number of benzene rings is 4. The maximum atomic E-state index is 6.37. The number of rotatable bonds is 8. The summed E-state index contributed by atoms with van der Waals surface area (Å²) < 4.78 is 10.4. The van der Waals surface area contributed by atoms with Gasteiger partial charge in [-0.3, -0.25) is 4.68 Å². The molecule has 7 aromatic rings. The number of thioether (sulfide) groups is 1. The SMILES string of the molecule is CCSc1cc(C)c(-c2cnn(-c3[c-]c(Oc4[c-]c5c(cc4)c4ccccc4n5-c4cc(C(C)C)ccn4)ccc3)c2)c(C)c1.[Pt+2]. The van der Waals surface area contributed by atoms with Crippen LogP contribution in [0.3, 0.4) is 0 Å². The fourth-order valence-electron chi connectivity index (χ4n) is 6.05. The molecular formula is C39H34N4OPtS. The first kappa shape index (κ1) is 31.8. The fourth-order valence-corrected chi connectivity index (χ4v) is 6.90. The third-order valence-corrected chi connectivity index (χ3v) is 8.99. The molecule has 0 saturated carbocycles. The second-order valence-corrected chi connectivity index (χ2v) is 12.9. The minimum Gasteiger partial charge on any atom is -0.509 e. The van der Waals surface area contributed by atoms with Gasteiger partial charge in [-0.25, -0.2) is 4.98 Å². The van der Waals surface area contributed by atoms with E-state index in [1.54, 1.807) is 0 Å². The van der Waals surface area contributed by atoms with E-state index < -0.39 is 0 Å². The van der Waals surface area contributed by atoms with Crippen LogP contribution in [0.4, 0.5) is 0 Å². The Morgan fingerprint density at radius 3 is 2.43 bits per heavy atom. The summed E-state index contributed by atoms with van der Waals surface area (Å²) in [6.45, 7) is 10.9. The first-order valence-electron chi connectivity index (χ1n) is 15.3.